The molecule has 0 atom stereocenters. The topological polar surface area (TPSA) is 63.9 Å². The van der Waals surface area contributed by atoms with E-state index < -0.39 is 0 Å². The van der Waals surface area contributed by atoms with E-state index in [1.807, 2.05) is 19.1 Å². The van der Waals surface area contributed by atoms with Gasteiger partial charge >= 0.3 is 0 Å². The number of rotatable bonds is 4. The largest absolute Gasteiger partial charge is 0.496 e. The third-order valence-corrected chi connectivity index (χ3v) is 3.04. The third kappa shape index (κ3) is 2.24. The molecule has 1 heterocycles. The first-order chi connectivity index (χ1) is 8.69. The second-order valence-corrected chi connectivity index (χ2v) is 4.23. The van der Waals surface area contributed by atoms with E-state index in [4.69, 9.17) is 10.5 Å². The molecule has 0 saturated heterocycles. The van der Waals surface area contributed by atoms with Crippen molar-refractivity contribution in [2.24, 2.45) is 5.73 Å². The number of methoxy groups -OCH3 is 1. The number of aromatic amines is 1. The smallest absolute Gasteiger partial charge is 0.122 e. The first-order valence-corrected chi connectivity index (χ1v) is 6.12. The van der Waals surface area contributed by atoms with Crippen molar-refractivity contribution in [2.45, 2.75) is 26.8 Å². The van der Waals surface area contributed by atoms with Gasteiger partial charge in [-0.1, -0.05) is 6.92 Å². The summed E-state index contributed by atoms with van der Waals surface area (Å²) in [4.78, 5) is 7.70. The summed E-state index contributed by atoms with van der Waals surface area (Å²) in [7, 11) is 1.69. The SMILES string of the molecule is CCc1cc(-c2nc(C)[nH]c2CN)ccc1OC. The first-order valence-electron chi connectivity index (χ1n) is 6.12. The standard InChI is InChI=1S/C14H19N3O/c1-4-10-7-11(5-6-13(10)18-3)14-12(8-15)16-9(2)17-14/h5-7H,4,8,15H2,1-3H3,(H,16,17). The van der Waals surface area contributed by atoms with E-state index in [9.17, 15) is 0 Å². The van der Waals surface area contributed by atoms with Crippen molar-refractivity contribution < 1.29 is 4.74 Å². The molecule has 2 aromatic rings. The van der Waals surface area contributed by atoms with Gasteiger partial charge in [-0.3, -0.25) is 0 Å². The van der Waals surface area contributed by atoms with Crippen molar-refractivity contribution in [3.63, 3.8) is 0 Å². The number of ether oxygens (including phenoxy) is 1. The van der Waals surface area contributed by atoms with Crippen LogP contribution in [0.1, 0.15) is 24.0 Å². The molecule has 0 spiro atoms. The lowest BCUT2D eigenvalue weighted by atomic mass is 10.0. The summed E-state index contributed by atoms with van der Waals surface area (Å²) in [6.07, 6.45) is 0.929. The number of nitrogens with two attached hydrogens (primary N) is 1. The normalized spacial score (nSPS) is 10.7. The Balaban J connectivity index is 2.50. The maximum absolute atomic E-state index is 5.73. The lowest BCUT2D eigenvalue weighted by Gasteiger charge is -2.08. The van der Waals surface area contributed by atoms with Crippen molar-refractivity contribution in [2.75, 3.05) is 7.11 Å². The van der Waals surface area contributed by atoms with Gasteiger partial charge < -0.3 is 15.5 Å². The Bertz CT molecular complexity index is 546. The molecule has 0 unspecified atom stereocenters. The maximum atomic E-state index is 5.73. The molecule has 0 aliphatic heterocycles. The van der Waals surface area contributed by atoms with Gasteiger partial charge in [0.2, 0.25) is 0 Å². The molecule has 3 N–H and O–H groups in total. The number of aryl methyl sites for hydroxylation is 2. The van der Waals surface area contributed by atoms with Crippen LogP contribution in [0.25, 0.3) is 11.3 Å². The summed E-state index contributed by atoms with van der Waals surface area (Å²) in [6.45, 7) is 4.51. The quantitative estimate of drug-likeness (QED) is 0.869. The third-order valence-electron chi connectivity index (χ3n) is 3.04. The molecule has 96 valence electrons. The number of nitrogens with one attached hydrogen (secondary N) is 1. The minimum Gasteiger partial charge on any atom is -0.496 e. The Morgan fingerprint density at radius 2 is 2.17 bits per heavy atom. The highest BCUT2D eigenvalue weighted by Gasteiger charge is 2.11. The molecule has 1 aromatic carbocycles. The second kappa shape index (κ2) is 5.23. The zero-order valence-corrected chi connectivity index (χ0v) is 11.1. The average Bonchev–Trinajstić information content (AvgIpc) is 2.79. The Labute approximate surface area is 107 Å². The van der Waals surface area contributed by atoms with Crippen LogP contribution in [0, 0.1) is 6.92 Å². The summed E-state index contributed by atoms with van der Waals surface area (Å²) in [5.41, 5.74) is 9.90. The number of benzene rings is 1. The Morgan fingerprint density at radius 3 is 2.78 bits per heavy atom. The highest BCUT2D eigenvalue weighted by atomic mass is 16.5. The van der Waals surface area contributed by atoms with Crippen LogP contribution >= 0.6 is 0 Å². The molecule has 0 amide bonds. The number of imidazole rings is 1. The Kier molecular flexibility index (Phi) is 3.67. The van der Waals surface area contributed by atoms with Crippen molar-refractivity contribution >= 4 is 0 Å². The molecule has 2 rings (SSSR count). The summed E-state index contributed by atoms with van der Waals surface area (Å²) < 4.78 is 5.34. The van der Waals surface area contributed by atoms with Crippen LogP contribution in [-0.4, -0.2) is 17.1 Å². The number of nitrogens with zero attached hydrogens (tertiary/aromatic N) is 1. The van der Waals surface area contributed by atoms with Crippen LogP contribution in [0.15, 0.2) is 18.2 Å². The minimum absolute atomic E-state index is 0.462. The van der Waals surface area contributed by atoms with E-state index in [1.165, 1.54) is 5.56 Å². The predicted octanol–water partition coefficient (Wildman–Crippen LogP) is 2.41. The summed E-state index contributed by atoms with van der Waals surface area (Å²) >= 11 is 0. The van der Waals surface area contributed by atoms with Crippen molar-refractivity contribution in [3.05, 3.63) is 35.3 Å². The van der Waals surface area contributed by atoms with E-state index >= 15 is 0 Å². The van der Waals surface area contributed by atoms with Crippen LogP contribution in [-0.2, 0) is 13.0 Å². The summed E-state index contributed by atoms with van der Waals surface area (Å²) in [5, 5.41) is 0. The second-order valence-electron chi connectivity index (χ2n) is 4.23. The number of hydrogen-bond donors (Lipinski definition) is 2. The molecule has 0 saturated carbocycles. The Hall–Kier alpha value is -1.81. The summed E-state index contributed by atoms with van der Waals surface area (Å²) in [5.74, 6) is 1.81. The van der Waals surface area contributed by atoms with Crippen molar-refractivity contribution in [1.82, 2.24) is 9.97 Å². The van der Waals surface area contributed by atoms with E-state index in [1.54, 1.807) is 7.11 Å². The molecule has 0 aliphatic carbocycles. The van der Waals surface area contributed by atoms with Gasteiger partial charge in [0.15, 0.2) is 0 Å². The molecule has 4 heteroatoms. The molecule has 18 heavy (non-hydrogen) atoms. The molecule has 0 radical (unpaired) electrons. The van der Waals surface area contributed by atoms with Gasteiger partial charge in [-0.2, -0.15) is 0 Å². The minimum atomic E-state index is 0.462. The van der Waals surface area contributed by atoms with Crippen LogP contribution in [0.3, 0.4) is 0 Å². The first kappa shape index (κ1) is 12.6. The highest BCUT2D eigenvalue weighted by molar-refractivity contribution is 5.64. The van der Waals surface area contributed by atoms with Crippen molar-refractivity contribution in [3.8, 4) is 17.0 Å². The average molecular weight is 245 g/mol. The molecular formula is C14H19N3O. The monoisotopic (exact) mass is 245 g/mol. The number of H-pyrrole nitrogens is 1. The van der Waals surface area contributed by atoms with Crippen LogP contribution in [0.5, 0.6) is 5.75 Å². The van der Waals surface area contributed by atoms with Crippen LogP contribution < -0.4 is 10.5 Å². The predicted molar refractivity (Wildman–Crippen MR) is 72.6 cm³/mol. The molecule has 4 nitrogen and oxygen atoms in total. The Morgan fingerprint density at radius 1 is 1.39 bits per heavy atom. The van der Waals surface area contributed by atoms with Gasteiger partial charge in [0, 0.05) is 12.1 Å². The van der Waals surface area contributed by atoms with Gasteiger partial charge in [0.1, 0.15) is 11.6 Å². The zero-order valence-electron chi connectivity index (χ0n) is 11.1. The fraction of sp³-hybridized carbons (Fsp3) is 0.357. The summed E-state index contributed by atoms with van der Waals surface area (Å²) in [6, 6.07) is 6.12. The molecular weight excluding hydrogens is 226 g/mol. The van der Waals surface area contributed by atoms with E-state index in [-0.39, 0.29) is 0 Å². The molecule has 1 aromatic heterocycles. The molecule has 0 aliphatic rings. The fourth-order valence-electron chi connectivity index (χ4n) is 2.13. The van der Waals surface area contributed by atoms with Gasteiger partial charge in [0.05, 0.1) is 18.5 Å². The van der Waals surface area contributed by atoms with E-state index in [0.29, 0.717) is 6.54 Å². The van der Waals surface area contributed by atoms with Gasteiger partial charge in [0.25, 0.3) is 0 Å². The van der Waals surface area contributed by atoms with E-state index in [2.05, 4.69) is 23.0 Å². The molecule has 0 fully saturated rings. The van der Waals surface area contributed by atoms with E-state index in [0.717, 1.165) is 34.9 Å². The highest BCUT2D eigenvalue weighted by Crippen LogP contribution is 2.27. The molecule has 0 bridgehead atoms. The van der Waals surface area contributed by atoms with Crippen molar-refractivity contribution in [1.29, 1.82) is 0 Å². The van der Waals surface area contributed by atoms with Gasteiger partial charge in [-0.25, -0.2) is 4.98 Å². The maximum Gasteiger partial charge on any atom is 0.122 e. The zero-order chi connectivity index (χ0) is 13.1. The van der Waals surface area contributed by atoms with Crippen LogP contribution in [0.2, 0.25) is 0 Å². The lowest BCUT2D eigenvalue weighted by Crippen LogP contribution is -1.99. The van der Waals surface area contributed by atoms with Gasteiger partial charge in [-0.15, -0.1) is 0 Å². The van der Waals surface area contributed by atoms with Crippen LogP contribution in [0.4, 0.5) is 0 Å². The fourth-order valence-corrected chi connectivity index (χ4v) is 2.13. The number of aromatic nitrogens is 2. The number of hydrogen-bond acceptors (Lipinski definition) is 3. The lowest BCUT2D eigenvalue weighted by molar-refractivity contribution is 0.410. The van der Waals surface area contributed by atoms with Gasteiger partial charge in [-0.05, 0) is 37.1 Å².